The topological polar surface area (TPSA) is 113 Å². The van der Waals surface area contributed by atoms with Crippen LogP contribution in [0.2, 0.25) is 0 Å². The number of imide groups is 1. The summed E-state index contributed by atoms with van der Waals surface area (Å²) in [5, 5.41) is 4.97. The Morgan fingerprint density at radius 1 is 1.19 bits per heavy atom. The number of nitrogens with zero attached hydrogens (tertiary/aromatic N) is 1. The first-order valence-corrected chi connectivity index (χ1v) is 8.57. The smallest absolute Gasteiger partial charge is 0.240 e. The minimum Gasteiger partial charge on any atom is -0.540 e. The Bertz CT molecular complexity index is 541. The Morgan fingerprint density at radius 2 is 1.81 bits per heavy atom. The number of unbranched alkanes of at least 4 members (excludes halogenated alkanes) is 2. The summed E-state index contributed by atoms with van der Waals surface area (Å²) in [6.07, 6.45) is 4.13. The van der Waals surface area contributed by atoms with Gasteiger partial charge in [0.1, 0.15) is 6.04 Å². The molecule has 2 N–H and O–H groups in total. The number of carbonyl (C=O) groups is 4. The van der Waals surface area contributed by atoms with Gasteiger partial charge < -0.3 is 22.9 Å². The molecule has 3 unspecified atom stereocenters. The minimum atomic E-state index is -0.732. The van der Waals surface area contributed by atoms with Gasteiger partial charge in [-0.3, -0.25) is 24.1 Å². The predicted molar refractivity (Wildman–Crippen MR) is 96.3 cm³/mol. The van der Waals surface area contributed by atoms with Crippen molar-refractivity contribution in [2.75, 3.05) is 6.54 Å². The van der Waals surface area contributed by atoms with Crippen molar-refractivity contribution >= 4 is 29.9 Å². The maximum Gasteiger partial charge on any atom is 0.240 e. The molecule has 0 aromatic carbocycles. The number of carbonyl (C=O) groups excluding carboxylic acids is 5. The molecule has 1 rings (SSSR count). The third kappa shape index (κ3) is 9.56. The second-order valence-electron chi connectivity index (χ2n) is 6.44. The van der Waals surface area contributed by atoms with E-state index in [0.717, 1.165) is 0 Å². The second-order valence-corrected chi connectivity index (χ2v) is 6.44. The summed E-state index contributed by atoms with van der Waals surface area (Å²) in [5.41, 5.74) is 0. The van der Waals surface area contributed by atoms with Crippen LogP contribution in [-0.2, 0) is 56.7 Å². The van der Waals surface area contributed by atoms with Crippen LogP contribution in [-0.4, -0.2) is 53.4 Å². The van der Waals surface area contributed by atoms with Crippen LogP contribution in [0, 0.1) is 13.3 Å². The molecule has 0 saturated carbocycles. The summed E-state index contributed by atoms with van der Waals surface area (Å²) in [4.78, 5) is 58.5. The zero-order chi connectivity index (χ0) is 19.0. The van der Waals surface area contributed by atoms with Crippen molar-refractivity contribution in [3.63, 3.8) is 0 Å². The predicted octanol–water partition coefficient (Wildman–Crippen LogP) is 0.509. The molecular weight excluding hydrogens is 427 g/mol. The Kier molecular flexibility index (Phi) is 14.5. The third-order valence-electron chi connectivity index (χ3n) is 4.06. The van der Waals surface area contributed by atoms with E-state index in [1.807, 2.05) is 0 Å². The Labute approximate surface area is 186 Å². The molecule has 3 atom stereocenters. The van der Waals surface area contributed by atoms with E-state index in [0.29, 0.717) is 25.8 Å². The molecule has 27 heavy (non-hydrogen) atoms. The summed E-state index contributed by atoms with van der Waals surface area (Å²) >= 11 is 0. The van der Waals surface area contributed by atoms with Crippen molar-refractivity contribution in [3.05, 3.63) is 7.43 Å². The van der Waals surface area contributed by atoms with Crippen LogP contribution >= 0.6 is 0 Å². The quantitative estimate of drug-likeness (QED) is 0.283. The van der Waals surface area contributed by atoms with Crippen molar-refractivity contribution in [2.45, 2.75) is 65.0 Å². The van der Waals surface area contributed by atoms with E-state index in [-0.39, 0.29) is 76.6 Å². The zero-order valence-corrected chi connectivity index (χ0v) is 19.4. The van der Waals surface area contributed by atoms with E-state index in [1.54, 1.807) is 13.2 Å². The van der Waals surface area contributed by atoms with E-state index in [4.69, 9.17) is 0 Å². The van der Waals surface area contributed by atoms with E-state index in [9.17, 15) is 24.0 Å². The van der Waals surface area contributed by atoms with Crippen LogP contribution in [0.25, 0.3) is 0 Å². The molecule has 1 aliphatic heterocycles. The van der Waals surface area contributed by atoms with Gasteiger partial charge in [-0.1, -0.05) is 26.3 Å². The Morgan fingerprint density at radius 3 is 2.33 bits per heavy atom. The molecule has 4 amide bonds. The van der Waals surface area contributed by atoms with Gasteiger partial charge in [0, 0.05) is 58.0 Å². The molecule has 1 heterocycles. The first-order chi connectivity index (χ1) is 11.8. The normalized spacial score (nSPS) is 18.0. The molecule has 151 valence electrons. The molecule has 0 aromatic rings. The van der Waals surface area contributed by atoms with Gasteiger partial charge in [-0.25, -0.2) is 6.29 Å². The van der Waals surface area contributed by atoms with Crippen LogP contribution in [0.15, 0.2) is 0 Å². The zero-order valence-electron chi connectivity index (χ0n) is 16.5. The Balaban J connectivity index is 0. The van der Waals surface area contributed by atoms with Crippen molar-refractivity contribution in [1.82, 2.24) is 15.5 Å². The average molecular weight is 456 g/mol. The Hall–Kier alpha value is -1.15. The van der Waals surface area contributed by atoms with Crippen molar-refractivity contribution in [2.24, 2.45) is 5.92 Å². The molecule has 9 heteroatoms. The summed E-state index contributed by atoms with van der Waals surface area (Å²) in [7, 11) is 0. The summed E-state index contributed by atoms with van der Waals surface area (Å²) in [6, 6.07) is -1.45. The molecule has 0 spiro atoms. The number of amides is 4. The van der Waals surface area contributed by atoms with E-state index in [2.05, 4.69) is 10.6 Å². The first-order valence-electron chi connectivity index (χ1n) is 8.57. The van der Waals surface area contributed by atoms with Gasteiger partial charge in [0.05, 0.1) is 0 Å². The number of hydrogen-bond acceptors (Lipinski definition) is 5. The summed E-state index contributed by atoms with van der Waals surface area (Å²) < 4.78 is 0. The molecule has 1 fully saturated rings. The number of hydrogen-bond donors (Lipinski definition) is 2. The van der Waals surface area contributed by atoms with E-state index < -0.39 is 18.0 Å². The maximum atomic E-state index is 11.8. The van der Waals surface area contributed by atoms with Crippen molar-refractivity contribution < 1.29 is 56.7 Å². The first kappa shape index (κ1) is 28.1. The van der Waals surface area contributed by atoms with Crippen LogP contribution in [0.1, 0.15) is 52.9 Å². The molecule has 1 aliphatic rings. The number of nitrogens with one attached hydrogen (secondary N) is 2. The average Bonchev–Trinajstić information content (AvgIpc) is 2.79. The van der Waals surface area contributed by atoms with Gasteiger partial charge in [0.25, 0.3) is 0 Å². The van der Waals surface area contributed by atoms with Gasteiger partial charge in [-0.2, -0.15) is 0 Å². The fourth-order valence-corrected chi connectivity index (χ4v) is 2.56. The molecule has 0 aromatic heterocycles. The fraction of sp³-hybridized carbons (Fsp3) is 0.667. The van der Waals surface area contributed by atoms with Crippen LogP contribution < -0.4 is 10.6 Å². The number of likely N-dealkylation sites (tertiary alicyclic amines) is 1. The van der Waals surface area contributed by atoms with Gasteiger partial charge in [0.15, 0.2) is 0 Å². The van der Waals surface area contributed by atoms with Gasteiger partial charge >= 0.3 is 0 Å². The molecular formula is C18H29N3O5Y-2. The largest absolute Gasteiger partial charge is 0.540 e. The second kappa shape index (κ2) is 13.9. The minimum absolute atomic E-state index is 0. The molecule has 8 nitrogen and oxygen atoms in total. The van der Waals surface area contributed by atoms with Gasteiger partial charge in [-0.05, 0) is 19.8 Å². The summed E-state index contributed by atoms with van der Waals surface area (Å²) in [5.74, 6) is -1.18. The standard InChI is InChI=1S/C17H26N3O5.CH3.Y/c1-11-9-15(23)20(17(11)25)8-6-4-5-7-14(22)19-13(3)16(24)18-12(2)10-21;;/h11-13H,4-9H2,1-3H3,(H,18,24)(H,19,22);1H3;/q2*-1;. The van der Waals surface area contributed by atoms with Gasteiger partial charge in [0.2, 0.25) is 23.6 Å². The SMILES string of the molecule is CC([C-]=O)NC(=O)C(C)NC(=O)CCCCCN1C(=O)CC(C)C1=O.[CH3-].[Y]. The molecule has 0 bridgehead atoms. The summed E-state index contributed by atoms with van der Waals surface area (Å²) in [6.45, 7) is 5.17. The molecule has 1 saturated heterocycles. The van der Waals surface area contributed by atoms with Crippen molar-refractivity contribution in [1.29, 1.82) is 0 Å². The molecule has 0 aliphatic carbocycles. The fourth-order valence-electron chi connectivity index (χ4n) is 2.56. The third-order valence-corrected chi connectivity index (χ3v) is 4.06. The van der Waals surface area contributed by atoms with Crippen molar-refractivity contribution in [3.8, 4) is 0 Å². The number of rotatable bonds is 10. The molecule has 1 radical (unpaired) electrons. The maximum absolute atomic E-state index is 11.8. The van der Waals surface area contributed by atoms with Crippen LogP contribution in [0.3, 0.4) is 0 Å². The van der Waals surface area contributed by atoms with E-state index >= 15 is 0 Å². The van der Waals surface area contributed by atoms with Gasteiger partial charge in [-0.15, -0.1) is 0 Å². The van der Waals surface area contributed by atoms with Crippen LogP contribution in [0.4, 0.5) is 0 Å². The monoisotopic (exact) mass is 456 g/mol. The van der Waals surface area contributed by atoms with Crippen LogP contribution in [0.5, 0.6) is 0 Å². The van der Waals surface area contributed by atoms with E-state index in [1.165, 1.54) is 18.7 Å².